The third-order valence-corrected chi connectivity index (χ3v) is 5.65. The molecule has 1 aliphatic heterocycles. The van der Waals surface area contributed by atoms with Gasteiger partial charge in [-0.05, 0) is 56.1 Å². The van der Waals surface area contributed by atoms with Crippen molar-refractivity contribution in [3.63, 3.8) is 0 Å². The van der Waals surface area contributed by atoms with Crippen LogP contribution in [0.1, 0.15) is 41.7 Å². The van der Waals surface area contributed by atoms with Crippen molar-refractivity contribution in [1.82, 2.24) is 39.7 Å². The quantitative estimate of drug-likeness (QED) is 0.316. The Hall–Kier alpha value is -3.97. The van der Waals surface area contributed by atoms with Gasteiger partial charge in [0.05, 0.1) is 0 Å². The smallest absolute Gasteiger partial charge is 0.407 e. The number of carboxylic acids is 1. The van der Waals surface area contributed by atoms with E-state index in [1.54, 1.807) is 33.0 Å². The van der Waals surface area contributed by atoms with Gasteiger partial charge >= 0.3 is 12.1 Å². The molecule has 0 radical (unpaired) electrons. The Morgan fingerprint density at radius 3 is 2.37 bits per heavy atom. The van der Waals surface area contributed by atoms with Crippen LogP contribution in [-0.2, 0) is 17.8 Å². The highest BCUT2D eigenvalue weighted by atomic mass is 35.5. The third-order valence-electron chi connectivity index (χ3n) is 5.29. The lowest BCUT2D eigenvalue weighted by Crippen LogP contribution is -2.34. The van der Waals surface area contributed by atoms with Gasteiger partial charge in [-0.15, -0.1) is 0 Å². The van der Waals surface area contributed by atoms with E-state index in [9.17, 15) is 19.5 Å². The van der Waals surface area contributed by atoms with Crippen LogP contribution in [0.2, 0.25) is 10.6 Å². The average molecular weight is 563 g/mol. The van der Waals surface area contributed by atoms with Crippen LogP contribution >= 0.6 is 23.2 Å². The van der Waals surface area contributed by atoms with Crippen molar-refractivity contribution in [2.24, 2.45) is 0 Å². The summed E-state index contributed by atoms with van der Waals surface area (Å²) in [4.78, 5) is 50.4. The molecule has 0 fully saturated rings. The number of nitrogens with zero attached hydrogens (tertiary/aromatic N) is 6. The maximum atomic E-state index is 11.6. The molecular formula is C23H24Cl2N8O5. The number of nitrogens with one attached hydrogen (secondary N) is 2. The van der Waals surface area contributed by atoms with Gasteiger partial charge in [-0.3, -0.25) is 4.79 Å². The molecule has 15 heteroatoms. The van der Waals surface area contributed by atoms with Crippen molar-refractivity contribution in [3.05, 3.63) is 46.5 Å². The molecule has 3 N–H and O–H groups in total. The molecule has 0 bridgehead atoms. The lowest BCUT2D eigenvalue weighted by molar-refractivity contribution is 0.0526. The van der Waals surface area contributed by atoms with Crippen molar-refractivity contribution in [3.8, 4) is 0 Å². The van der Waals surface area contributed by atoms with Crippen LogP contribution in [0, 0.1) is 0 Å². The molecule has 0 aromatic carbocycles. The number of fused-ring (bicyclic) bond motifs is 4. The normalized spacial score (nSPS) is 12.9. The van der Waals surface area contributed by atoms with Gasteiger partial charge in [0.2, 0.25) is 10.6 Å². The number of halogens is 2. The predicted octanol–water partition coefficient (Wildman–Crippen LogP) is 3.14. The van der Waals surface area contributed by atoms with Crippen molar-refractivity contribution < 1.29 is 24.2 Å². The molecule has 38 heavy (non-hydrogen) atoms. The van der Waals surface area contributed by atoms with Gasteiger partial charge < -0.3 is 29.6 Å². The number of hydrogen-bond acceptors (Lipinski definition) is 8. The van der Waals surface area contributed by atoms with E-state index in [4.69, 9.17) is 27.9 Å². The van der Waals surface area contributed by atoms with Crippen LogP contribution in [0.4, 0.5) is 4.79 Å². The Labute approximate surface area is 226 Å². The van der Waals surface area contributed by atoms with E-state index in [1.165, 1.54) is 16.8 Å². The largest absolute Gasteiger partial charge is 0.477 e. The Bertz CT molecular complexity index is 1540. The van der Waals surface area contributed by atoms with Crippen LogP contribution in [0.15, 0.2) is 24.5 Å². The van der Waals surface area contributed by atoms with Crippen LogP contribution in [0.5, 0.6) is 0 Å². The number of carbonyl (C=O) groups excluding carboxylic acids is 2. The van der Waals surface area contributed by atoms with Gasteiger partial charge in [0.25, 0.3) is 5.91 Å². The number of hydrogen-bond donors (Lipinski definition) is 3. The van der Waals surface area contributed by atoms with E-state index in [2.05, 4.69) is 30.6 Å². The summed E-state index contributed by atoms with van der Waals surface area (Å²) in [6, 6.07) is 3.24. The number of alkyl carbamates (subject to hydrolysis) is 1. The summed E-state index contributed by atoms with van der Waals surface area (Å²) in [7, 11) is 0. The number of ether oxygens (including phenoxy) is 1. The minimum Gasteiger partial charge on any atom is -0.477 e. The first-order chi connectivity index (χ1) is 17.9. The molecule has 0 aliphatic carbocycles. The number of rotatable bonds is 4. The molecule has 2 amide bonds. The Balaban J connectivity index is 0.000000192. The third kappa shape index (κ3) is 6.11. The van der Waals surface area contributed by atoms with E-state index < -0.39 is 17.7 Å². The summed E-state index contributed by atoms with van der Waals surface area (Å²) in [6.07, 6.45) is 2.51. The second-order valence-corrected chi connectivity index (χ2v) is 9.86. The van der Waals surface area contributed by atoms with Gasteiger partial charge in [0, 0.05) is 49.3 Å². The van der Waals surface area contributed by atoms with Gasteiger partial charge in [-0.25, -0.2) is 19.6 Å². The summed E-state index contributed by atoms with van der Waals surface area (Å²) in [5, 5.41) is 16.3. The van der Waals surface area contributed by atoms with Crippen LogP contribution < -0.4 is 10.6 Å². The molecule has 0 atom stereocenters. The standard InChI is InChI=1S/C14H17ClN4O4.C9H7ClN4O/c1-14(2,3)23-13(22)16-4-5-19-9(11(20)21)6-8-7-17-12(15)18-10(8)19;10-9-12-4-5-3-6-8(15)11-1-2-14(6)7(5)13-9/h6-7H,4-5H2,1-3H3,(H,16,22)(H,20,21);3-4H,1-2H2,(H,11,15). The molecule has 13 nitrogen and oxygen atoms in total. The summed E-state index contributed by atoms with van der Waals surface area (Å²) in [5.41, 5.74) is 1.18. The maximum Gasteiger partial charge on any atom is 0.407 e. The zero-order valence-corrected chi connectivity index (χ0v) is 22.2. The first-order valence-electron chi connectivity index (χ1n) is 11.4. The first kappa shape index (κ1) is 27.1. The molecule has 4 aromatic heterocycles. The highest BCUT2D eigenvalue weighted by Gasteiger charge is 2.21. The first-order valence-corrected chi connectivity index (χ1v) is 12.2. The number of amides is 2. The van der Waals surface area contributed by atoms with Crippen molar-refractivity contribution >= 4 is 63.2 Å². The molecule has 5 heterocycles. The molecular weight excluding hydrogens is 539 g/mol. The summed E-state index contributed by atoms with van der Waals surface area (Å²) >= 11 is 11.5. The SMILES string of the molecule is CC(C)(C)OC(=O)NCCn1c(C(=O)O)cc2cnc(Cl)nc21.O=C1NCCn2c1cc1cnc(Cl)nc12. The summed E-state index contributed by atoms with van der Waals surface area (Å²) in [6.45, 7) is 7.00. The van der Waals surface area contributed by atoms with Crippen molar-refractivity contribution in [1.29, 1.82) is 0 Å². The highest BCUT2D eigenvalue weighted by molar-refractivity contribution is 6.28. The molecule has 200 valence electrons. The minimum atomic E-state index is -1.10. The lowest BCUT2D eigenvalue weighted by Gasteiger charge is -2.19. The molecule has 0 spiro atoms. The Morgan fingerprint density at radius 2 is 1.74 bits per heavy atom. The average Bonchev–Trinajstić information content (AvgIpc) is 3.37. The van der Waals surface area contributed by atoms with Gasteiger partial charge in [-0.2, -0.15) is 9.97 Å². The predicted molar refractivity (Wildman–Crippen MR) is 139 cm³/mol. The molecule has 0 unspecified atom stereocenters. The second-order valence-electron chi connectivity index (χ2n) is 9.19. The van der Waals surface area contributed by atoms with Crippen LogP contribution in [0.25, 0.3) is 22.1 Å². The van der Waals surface area contributed by atoms with Crippen molar-refractivity contribution in [2.75, 3.05) is 13.1 Å². The van der Waals surface area contributed by atoms with Crippen LogP contribution in [-0.4, -0.2) is 70.8 Å². The maximum absolute atomic E-state index is 11.6. The number of carbonyl (C=O) groups is 3. The minimum absolute atomic E-state index is 0.0221. The lowest BCUT2D eigenvalue weighted by atomic mass is 10.2. The molecule has 4 aromatic rings. The molecule has 1 aliphatic rings. The Morgan fingerprint density at radius 1 is 1.11 bits per heavy atom. The molecule has 0 saturated heterocycles. The van der Waals surface area contributed by atoms with E-state index in [1.807, 2.05) is 4.57 Å². The van der Waals surface area contributed by atoms with E-state index in [0.717, 1.165) is 17.6 Å². The fourth-order valence-corrected chi connectivity index (χ4v) is 4.07. The topological polar surface area (TPSA) is 166 Å². The highest BCUT2D eigenvalue weighted by Crippen LogP contribution is 2.21. The zero-order valence-electron chi connectivity index (χ0n) is 20.7. The number of aromatic nitrogens is 6. The summed E-state index contributed by atoms with van der Waals surface area (Å²) in [5.74, 6) is -1.17. The summed E-state index contributed by atoms with van der Waals surface area (Å²) < 4.78 is 8.44. The fraction of sp³-hybridized carbons (Fsp3) is 0.348. The zero-order chi connectivity index (χ0) is 27.6. The van der Waals surface area contributed by atoms with Crippen LogP contribution in [0.3, 0.4) is 0 Å². The monoisotopic (exact) mass is 562 g/mol. The van der Waals surface area contributed by atoms with Gasteiger partial charge in [0.15, 0.2) is 0 Å². The van der Waals surface area contributed by atoms with E-state index in [-0.39, 0.29) is 35.3 Å². The fourth-order valence-electron chi connectivity index (χ4n) is 3.81. The van der Waals surface area contributed by atoms with Crippen molar-refractivity contribution in [2.45, 2.75) is 39.5 Å². The molecule has 5 rings (SSSR count). The number of aromatic carboxylic acids is 1. The van der Waals surface area contributed by atoms with Gasteiger partial charge in [0.1, 0.15) is 28.3 Å². The Kier molecular flexibility index (Phi) is 7.69. The van der Waals surface area contributed by atoms with Gasteiger partial charge in [-0.1, -0.05) is 0 Å². The molecule has 0 saturated carbocycles. The van der Waals surface area contributed by atoms with E-state index in [0.29, 0.717) is 23.3 Å². The number of carboxylic acid groups (broad SMARTS) is 1. The second kappa shape index (κ2) is 10.8. The van der Waals surface area contributed by atoms with E-state index >= 15 is 0 Å².